The van der Waals surface area contributed by atoms with Gasteiger partial charge in [-0.1, -0.05) is 6.58 Å². The lowest BCUT2D eigenvalue weighted by Gasteiger charge is -2.35. The van der Waals surface area contributed by atoms with Crippen molar-refractivity contribution in [1.29, 1.82) is 0 Å². The molecule has 0 aromatic carbocycles. The third-order valence-corrected chi connectivity index (χ3v) is 2.04. The fourth-order valence-electron chi connectivity index (χ4n) is 0.880. The molecule has 0 aliphatic rings. The molecule has 0 saturated heterocycles. The van der Waals surface area contributed by atoms with E-state index in [-0.39, 0.29) is 0 Å². The van der Waals surface area contributed by atoms with Gasteiger partial charge in [0.15, 0.2) is 6.61 Å². The number of carbonyl (C=O) groups excluding carboxylic acids is 1. The molecule has 0 fully saturated rings. The Bertz CT molecular complexity index is 363. The molecule has 1 atom stereocenters. The summed E-state index contributed by atoms with van der Waals surface area (Å²) in [5.41, 5.74) is -6.04. The molecule has 0 bridgehead atoms. The fourth-order valence-corrected chi connectivity index (χ4v) is 0.880. The Hall–Kier alpha value is -1.32. The van der Waals surface area contributed by atoms with Crippen LogP contribution in [0.15, 0.2) is 12.2 Å². The molecule has 0 aromatic heterocycles. The summed E-state index contributed by atoms with van der Waals surface area (Å²) in [5.74, 6) is -6.93. The van der Waals surface area contributed by atoms with Crippen LogP contribution >= 0.6 is 0 Å². The van der Waals surface area contributed by atoms with E-state index in [1.807, 2.05) is 0 Å². The Labute approximate surface area is 102 Å². The zero-order valence-electron chi connectivity index (χ0n) is 9.40. The Balaban J connectivity index is 5.24. The van der Waals surface area contributed by atoms with Crippen molar-refractivity contribution in [2.45, 2.75) is 31.0 Å². The van der Waals surface area contributed by atoms with Gasteiger partial charge in [-0.15, -0.1) is 0 Å². The number of ether oxygens (including phenoxy) is 1. The molecular weight excluding hydrogens is 289 g/mol. The number of carbonyl (C=O) groups is 1. The van der Waals surface area contributed by atoms with Gasteiger partial charge in [-0.05, 0) is 6.92 Å². The zero-order chi connectivity index (χ0) is 15.6. The van der Waals surface area contributed by atoms with Gasteiger partial charge >= 0.3 is 18.1 Å². The summed E-state index contributed by atoms with van der Waals surface area (Å²) >= 11 is 0. The van der Waals surface area contributed by atoms with Crippen molar-refractivity contribution >= 4 is 5.97 Å². The van der Waals surface area contributed by atoms with Crippen LogP contribution in [0.1, 0.15) is 6.92 Å². The summed E-state index contributed by atoms with van der Waals surface area (Å²) in [6.07, 6.45) is -11.1. The summed E-state index contributed by atoms with van der Waals surface area (Å²) in [5, 5.41) is 8.57. The van der Waals surface area contributed by atoms with Crippen molar-refractivity contribution in [3.63, 3.8) is 0 Å². The highest BCUT2D eigenvalue weighted by Gasteiger charge is 2.75. The minimum absolute atomic E-state index is 0.427. The second-order valence-corrected chi connectivity index (χ2v) is 3.63. The van der Waals surface area contributed by atoms with Crippen LogP contribution < -0.4 is 0 Å². The molecule has 0 heterocycles. The highest BCUT2D eigenvalue weighted by Crippen LogP contribution is 2.46. The van der Waals surface area contributed by atoms with E-state index in [1.165, 1.54) is 0 Å². The number of esters is 1. The van der Waals surface area contributed by atoms with Crippen LogP contribution in [0, 0.1) is 0 Å². The van der Waals surface area contributed by atoms with E-state index in [9.17, 15) is 35.5 Å². The lowest BCUT2D eigenvalue weighted by molar-refractivity contribution is -0.369. The minimum atomic E-state index is -6.32. The predicted octanol–water partition coefficient (Wildman–Crippen LogP) is 2.30. The second-order valence-electron chi connectivity index (χ2n) is 3.63. The van der Waals surface area contributed by atoms with E-state index in [0.717, 1.165) is 6.92 Å². The van der Waals surface area contributed by atoms with E-state index in [0.29, 0.717) is 0 Å². The molecule has 0 aliphatic carbocycles. The maximum atomic E-state index is 13.1. The van der Waals surface area contributed by atoms with E-state index in [1.54, 1.807) is 0 Å². The Morgan fingerprint density at radius 3 is 1.95 bits per heavy atom. The highest BCUT2D eigenvalue weighted by atomic mass is 19.4. The van der Waals surface area contributed by atoms with Crippen LogP contribution in [0.25, 0.3) is 0 Å². The fraction of sp³-hybridized carbons (Fsp3) is 0.667. The van der Waals surface area contributed by atoms with Crippen LogP contribution in [0.5, 0.6) is 0 Å². The first-order chi connectivity index (χ1) is 8.27. The van der Waals surface area contributed by atoms with E-state index >= 15 is 0 Å². The van der Waals surface area contributed by atoms with Gasteiger partial charge < -0.3 is 9.84 Å². The summed E-state index contributed by atoms with van der Waals surface area (Å²) in [4.78, 5) is 10.7. The standard InChI is InChI=1S/C9H9F7O3/c1-4(2)5(17)19-3-7(12,13)8(18,6(10)11)9(14,15)16/h6,18H,1,3H2,2H3. The van der Waals surface area contributed by atoms with Crippen LogP contribution in [0.3, 0.4) is 0 Å². The molecule has 1 unspecified atom stereocenters. The van der Waals surface area contributed by atoms with Crippen LogP contribution in [-0.2, 0) is 9.53 Å². The van der Waals surface area contributed by atoms with Crippen molar-refractivity contribution in [3.8, 4) is 0 Å². The van der Waals surface area contributed by atoms with Gasteiger partial charge in [-0.3, -0.25) is 0 Å². The number of hydrogen-bond donors (Lipinski definition) is 1. The number of aliphatic hydroxyl groups is 1. The smallest absolute Gasteiger partial charge is 0.429 e. The predicted molar refractivity (Wildman–Crippen MR) is 47.7 cm³/mol. The monoisotopic (exact) mass is 298 g/mol. The van der Waals surface area contributed by atoms with Crippen molar-refractivity contribution < 1.29 is 45.4 Å². The van der Waals surface area contributed by atoms with Crippen molar-refractivity contribution in [3.05, 3.63) is 12.2 Å². The number of halogens is 7. The molecule has 0 amide bonds. The van der Waals surface area contributed by atoms with Crippen molar-refractivity contribution in [1.82, 2.24) is 0 Å². The van der Waals surface area contributed by atoms with Crippen LogP contribution in [0.4, 0.5) is 30.7 Å². The van der Waals surface area contributed by atoms with E-state index < -0.39 is 42.3 Å². The topological polar surface area (TPSA) is 46.5 Å². The first-order valence-electron chi connectivity index (χ1n) is 4.55. The van der Waals surface area contributed by atoms with Gasteiger partial charge in [0, 0.05) is 5.57 Å². The first kappa shape index (κ1) is 17.7. The molecule has 3 nitrogen and oxygen atoms in total. The van der Waals surface area contributed by atoms with E-state index in [2.05, 4.69) is 11.3 Å². The summed E-state index contributed by atoms with van der Waals surface area (Å²) in [7, 11) is 0. The largest absolute Gasteiger partial charge is 0.456 e. The molecule has 19 heavy (non-hydrogen) atoms. The van der Waals surface area contributed by atoms with Crippen molar-refractivity contribution in [2.24, 2.45) is 0 Å². The van der Waals surface area contributed by atoms with Gasteiger partial charge in [0.1, 0.15) is 0 Å². The van der Waals surface area contributed by atoms with E-state index in [4.69, 9.17) is 5.11 Å². The van der Waals surface area contributed by atoms with Gasteiger partial charge in [0.05, 0.1) is 0 Å². The van der Waals surface area contributed by atoms with Crippen LogP contribution in [-0.4, -0.2) is 41.8 Å². The normalized spacial score (nSPS) is 16.1. The van der Waals surface area contributed by atoms with Crippen LogP contribution in [0.2, 0.25) is 0 Å². The Kier molecular flexibility index (Phi) is 4.98. The van der Waals surface area contributed by atoms with Gasteiger partial charge in [-0.2, -0.15) is 22.0 Å². The number of rotatable bonds is 5. The number of alkyl halides is 7. The molecule has 0 radical (unpaired) electrons. The quantitative estimate of drug-likeness (QED) is 0.481. The third-order valence-electron chi connectivity index (χ3n) is 2.04. The molecule has 112 valence electrons. The van der Waals surface area contributed by atoms with Crippen molar-refractivity contribution in [2.75, 3.05) is 6.61 Å². The van der Waals surface area contributed by atoms with Gasteiger partial charge in [-0.25, -0.2) is 13.6 Å². The Morgan fingerprint density at radius 1 is 1.26 bits per heavy atom. The molecule has 10 heteroatoms. The molecule has 0 saturated carbocycles. The maximum absolute atomic E-state index is 13.1. The minimum Gasteiger partial charge on any atom is -0.456 e. The second kappa shape index (κ2) is 5.35. The molecule has 0 aromatic rings. The first-order valence-corrected chi connectivity index (χ1v) is 4.55. The summed E-state index contributed by atoms with van der Waals surface area (Å²) in [6.45, 7) is 1.59. The maximum Gasteiger partial charge on any atom is 0.429 e. The lowest BCUT2D eigenvalue weighted by atomic mass is 9.95. The highest BCUT2D eigenvalue weighted by molar-refractivity contribution is 5.86. The lowest BCUT2D eigenvalue weighted by Crippen LogP contribution is -2.65. The number of hydrogen-bond acceptors (Lipinski definition) is 3. The average Bonchev–Trinajstić information content (AvgIpc) is 2.22. The summed E-state index contributed by atoms with van der Waals surface area (Å²) in [6, 6.07) is 0. The Morgan fingerprint density at radius 2 is 1.68 bits per heavy atom. The average molecular weight is 298 g/mol. The van der Waals surface area contributed by atoms with Gasteiger partial charge in [0.25, 0.3) is 12.0 Å². The zero-order valence-corrected chi connectivity index (χ0v) is 9.40. The molecular formula is C9H9F7O3. The SMILES string of the molecule is C=C(C)C(=O)OCC(F)(F)C(O)(C(F)F)C(F)(F)F. The summed E-state index contributed by atoms with van der Waals surface area (Å²) < 4.78 is 90.6. The molecule has 0 aliphatic heterocycles. The molecule has 0 rings (SSSR count). The third kappa shape index (κ3) is 3.37. The van der Waals surface area contributed by atoms with Gasteiger partial charge in [0.2, 0.25) is 0 Å². The molecule has 0 spiro atoms. The molecule has 1 N–H and O–H groups in total.